The molecule has 32 heavy (non-hydrogen) atoms. The Balaban J connectivity index is 1.59. The lowest BCUT2D eigenvalue weighted by atomic mass is 10.2. The van der Waals surface area contributed by atoms with Crippen LogP contribution >= 0.6 is 11.8 Å². The molecule has 7 nitrogen and oxygen atoms in total. The second kappa shape index (κ2) is 9.41. The second-order valence-corrected chi connectivity index (χ2v) is 10.7. The van der Waals surface area contributed by atoms with Crippen LogP contribution in [0.25, 0.3) is 17.1 Å². The number of aromatic nitrogens is 3. The van der Waals surface area contributed by atoms with Crippen molar-refractivity contribution in [3.05, 3.63) is 60.4 Å². The van der Waals surface area contributed by atoms with Gasteiger partial charge in [0.25, 0.3) is 0 Å². The highest BCUT2D eigenvalue weighted by Crippen LogP contribution is 2.28. The molecule has 1 atom stereocenters. The molecule has 1 fully saturated rings. The average Bonchev–Trinajstić information content (AvgIpc) is 3.37. The Hall–Kier alpha value is -2.72. The van der Waals surface area contributed by atoms with Gasteiger partial charge in [0.15, 0.2) is 20.8 Å². The van der Waals surface area contributed by atoms with E-state index in [2.05, 4.69) is 10.2 Å². The summed E-state index contributed by atoms with van der Waals surface area (Å²) in [6.45, 7) is 2.29. The highest BCUT2D eigenvalue weighted by molar-refractivity contribution is 7.99. The van der Waals surface area contributed by atoms with Gasteiger partial charge in [0, 0.05) is 23.8 Å². The summed E-state index contributed by atoms with van der Waals surface area (Å²) in [6, 6.07) is 15.2. The van der Waals surface area contributed by atoms with E-state index in [0.717, 1.165) is 5.56 Å². The lowest BCUT2D eigenvalue weighted by Gasteiger charge is -2.26. The van der Waals surface area contributed by atoms with E-state index in [1.807, 2.05) is 37.3 Å². The molecule has 4 rings (SSSR count). The fraction of sp³-hybridized carbons (Fsp3) is 0.318. The molecule has 1 aliphatic rings. The monoisotopic (exact) mass is 474 g/mol. The summed E-state index contributed by atoms with van der Waals surface area (Å²) in [6.07, 6.45) is 0.469. The standard InChI is InChI=1S/C22H23FN4O3S2/c1-2-26(19-12-13-32(29,30)15-19)20(28)14-31-22-25-24-21(16-6-4-3-5-7-16)27(22)18-10-8-17(23)9-11-18/h3-11,19H,2,12-15H2,1H3. The first-order valence-corrected chi connectivity index (χ1v) is 13.1. The Kier molecular flexibility index (Phi) is 6.61. The first kappa shape index (κ1) is 22.5. The molecular weight excluding hydrogens is 451 g/mol. The topological polar surface area (TPSA) is 85.2 Å². The van der Waals surface area contributed by atoms with Crippen molar-refractivity contribution in [1.29, 1.82) is 0 Å². The Morgan fingerprint density at radius 1 is 1.16 bits per heavy atom. The van der Waals surface area contributed by atoms with Crippen molar-refractivity contribution < 1.29 is 17.6 Å². The summed E-state index contributed by atoms with van der Waals surface area (Å²) in [5.74, 6) is 0.321. The van der Waals surface area contributed by atoms with Crippen LogP contribution in [0.1, 0.15) is 13.3 Å². The normalized spacial score (nSPS) is 17.4. The Morgan fingerprint density at radius 2 is 1.88 bits per heavy atom. The number of halogens is 1. The molecule has 10 heteroatoms. The SMILES string of the molecule is CCN(C(=O)CSc1nnc(-c2ccccc2)n1-c1ccc(F)cc1)C1CCS(=O)(=O)C1. The lowest BCUT2D eigenvalue weighted by Crippen LogP contribution is -2.42. The zero-order valence-corrected chi connectivity index (χ0v) is 19.2. The Morgan fingerprint density at radius 3 is 2.50 bits per heavy atom. The number of carbonyl (C=O) groups is 1. The summed E-state index contributed by atoms with van der Waals surface area (Å²) in [5.41, 5.74) is 1.52. The largest absolute Gasteiger partial charge is 0.338 e. The maximum atomic E-state index is 13.5. The summed E-state index contributed by atoms with van der Waals surface area (Å²) in [7, 11) is -3.08. The zero-order valence-electron chi connectivity index (χ0n) is 17.5. The molecule has 0 radical (unpaired) electrons. The predicted molar refractivity (Wildman–Crippen MR) is 122 cm³/mol. The first-order chi connectivity index (χ1) is 15.4. The summed E-state index contributed by atoms with van der Waals surface area (Å²) < 4.78 is 39.0. The van der Waals surface area contributed by atoms with Crippen molar-refractivity contribution in [1.82, 2.24) is 19.7 Å². The van der Waals surface area contributed by atoms with Gasteiger partial charge in [-0.3, -0.25) is 9.36 Å². The minimum absolute atomic E-state index is 0.0150. The van der Waals surface area contributed by atoms with Gasteiger partial charge in [-0.25, -0.2) is 12.8 Å². The Bertz CT molecular complexity index is 1200. The molecule has 1 amide bonds. The number of carbonyl (C=O) groups excluding carboxylic acids is 1. The van der Waals surface area contributed by atoms with Gasteiger partial charge in [0.05, 0.1) is 17.3 Å². The molecule has 0 saturated carbocycles. The predicted octanol–water partition coefficient (Wildman–Crippen LogP) is 3.20. The molecule has 168 valence electrons. The van der Waals surface area contributed by atoms with E-state index < -0.39 is 9.84 Å². The molecule has 1 aromatic heterocycles. The third-order valence-corrected chi connectivity index (χ3v) is 8.05. The van der Waals surface area contributed by atoms with E-state index in [4.69, 9.17) is 0 Å². The minimum atomic E-state index is -3.08. The van der Waals surface area contributed by atoms with Crippen molar-refractivity contribution >= 4 is 27.5 Å². The molecular formula is C22H23FN4O3S2. The summed E-state index contributed by atoms with van der Waals surface area (Å²) >= 11 is 1.23. The Labute approximate surface area is 190 Å². The number of hydrogen-bond donors (Lipinski definition) is 0. The van der Waals surface area contributed by atoms with Gasteiger partial charge >= 0.3 is 0 Å². The molecule has 0 aliphatic carbocycles. The number of nitrogens with zero attached hydrogens (tertiary/aromatic N) is 4. The highest BCUT2D eigenvalue weighted by Gasteiger charge is 2.34. The zero-order chi connectivity index (χ0) is 22.7. The van der Waals surface area contributed by atoms with Crippen LogP contribution in [0.4, 0.5) is 4.39 Å². The van der Waals surface area contributed by atoms with E-state index in [0.29, 0.717) is 29.6 Å². The quantitative estimate of drug-likeness (QED) is 0.489. The van der Waals surface area contributed by atoms with Gasteiger partial charge in [-0.05, 0) is 37.6 Å². The number of benzene rings is 2. The molecule has 1 unspecified atom stereocenters. The molecule has 3 aromatic rings. The maximum absolute atomic E-state index is 13.5. The molecule has 0 bridgehead atoms. The lowest BCUT2D eigenvalue weighted by molar-refractivity contribution is -0.129. The number of sulfone groups is 1. The summed E-state index contributed by atoms with van der Waals surface area (Å²) in [5, 5.41) is 9.10. The van der Waals surface area contributed by atoms with Crippen LogP contribution in [0, 0.1) is 5.82 Å². The van der Waals surface area contributed by atoms with Crippen molar-refractivity contribution in [2.75, 3.05) is 23.8 Å². The van der Waals surface area contributed by atoms with Gasteiger partial charge in [-0.15, -0.1) is 10.2 Å². The molecule has 0 spiro atoms. The van der Waals surface area contributed by atoms with Crippen molar-refractivity contribution in [2.24, 2.45) is 0 Å². The number of amides is 1. The van der Waals surface area contributed by atoms with E-state index >= 15 is 0 Å². The van der Waals surface area contributed by atoms with E-state index in [-0.39, 0.29) is 35.0 Å². The van der Waals surface area contributed by atoms with Gasteiger partial charge in [0.1, 0.15) is 5.82 Å². The fourth-order valence-corrected chi connectivity index (χ4v) is 6.40. The molecule has 0 N–H and O–H groups in total. The number of hydrogen-bond acceptors (Lipinski definition) is 6. The maximum Gasteiger partial charge on any atom is 0.233 e. The average molecular weight is 475 g/mol. The van der Waals surface area contributed by atoms with Gasteiger partial charge in [0.2, 0.25) is 5.91 Å². The fourth-order valence-electron chi connectivity index (χ4n) is 3.83. The van der Waals surface area contributed by atoms with Crippen LogP contribution in [0.5, 0.6) is 0 Å². The first-order valence-electron chi connectivity index (χ1n) is 10.3. The summed E-state index contributed by atoms with van der Waals surface area (Å²) in [4.78, 5) is 14.6. The molecule has 2 aromatic carbocycles. The van der Waals surface area contributed by atoms with Gasteiger partial charge in [-0.1, -0.05) is 42.1 Å². The van der Waals surface area contributed by atoms with Crippen molar-refractivity contribution in [3.63, 3.8) is 0 Å². The second-order valence-electron chi connectivity index (χ2n) is 7.51. The molecule has 1 aliphatic heterocycles. The van der Waals surface area contributed by atoms with Crippen LogP contribution in [-0.2, 0) is 14.6 Å². The minimum Gasteiger partial charge on any atom is -0.338 e. The van der Waals surface area contributed by atoms with E-state index in [1.54, 1.807) is 21.6 Å². The number of rotatable bonds is 7. The highest BCUT2D eigenvalue weighted by atomic mass is 32.2. The molecule has 2 heterocycles. The van der Waals surface area contributed by atoms with Crippen molar-refractivity contribution in [3.8, 4) is 17.1 Å². The number of thioether (sulfide) groups is 1. The van der Waals surface area contributed by atoms with E-state index in [9.17, 15) is 17.6 Å². The van der Waals surface area contributed by atoms with Crippen LogP contribution in [0.2, 0.25) is 0 Å². The van der Waals surface area contributed by atoms with Crippen LogP contribution in [-0.4, -0.2) is 63.8 Å². The smallest absolute Gasteiger partial charge is 0.233 e. The van der Waals surface area contributed by atoms with Crippen LogP contribution in [0.3, 0.4) is 0 Å². The van der Waals surface area contributed by atoms with E-state index in [1.165, 1.54) is 23.9 Å². The third kappa shape index (κ3) is 4.86. The van der Waals surface area contributed by atoms with Gasteiger partial charge < -0.3 is 4.90 Å². The van der Waals surface area contributed by atoms with Crippen LogP contribution in [0.15, 0.2) is 59.8 Å². The van der Waals surface area contributed by atoms with Crippen LogP contribution < -0.4 is 0 Å². The third-order valence-electron chi connectivity index (χ3n) is 5.39. The molecule has 1 saturated heterocycles. The van der Waals surface area contributed by atoms with Crippen molar-refractivity contribution in [2.45, 2.75) is 24.5 Å². The van der Waals surface area contributed by atoms with Gasteiger partial charge in [-0.2, -0.15) is 0 Å².